The molecule has 0 bridgehead atoms. The van der Waals surface area contributed by atoms with Gasteiger partial charge in [0.25, 0.3) is 0 Å². The average Bonchev–Trinajstić information content (AvgIpc) is 2.48. The van der Waals surface area contributed by atoms with Crippen LogP contribution in [-0.2, 0) is 0 Å². The summed E-state index contributed by atoms with van der Waals surface area (Å²) in [5.74, 6) is -0.770. The summed E-state index contributed by atoms with van der Waals surface area (Å²) in [5.41, 5.74) is -0.122. The largest absolute Gasteiger partial charge is 0.494 e. The Balaban J connectivity index is 2.09. The van der Waals surface area contributed by atoms with Crippen molar-refractivity contribution in [3.8, 4) is 17.2 Å². The Bertz CT molecular complexity index is 623. The molecule has 0 heterocycles. The molecule has 0 amide bonds. The fourth-order valence-electron chi connectivity index (χ4n) is 1.67. The van der Waals surface area contributed by atoms with Crippen LogP contribution in [0.5, 0.6) is 17.2 Å². The Morgan fingerprint density at radius 2 is 1.81 bits per heavy atom. The van der Waals surface area contributed by atoms with Crippen molar-refractivity contribution in [1.82, 2.24) is 0 Å². The number of aromatic carboxylic acids is 1. The molecule has 1 N–H and O–H groups in total. The van der Waals surface area contributed by atoms with Crippen molar-refractivity contribution in [3.05, 3.63) is 53.8 Å². The lowest BCUT2D eigenvalue weighted by atomic mass is 10.2. The van der Waals surface area contributed by atoms with E-state index in [1.54, 1.807) is 24.3 Å². The maximum atomic E-state index is 13.7. The van der Waals surface area contributed by atoms with Gasteiger partial charge in [0.15, 0.2) is 11.6 Å². The van der Waals surface area contributed by atoms with E-state index < -0.39 is 11.8 Å². The monoisotopic (exact) mass is 290 g/mol. The molecule has 0 saturated heterocycles. The van der Waals surface area contributed by atoms with Crippen LogP contribution in [0.2, 0.25) is 0 Å². The molecule has 4 nitrogen and oxygen atoms in total. The Morgan fingerprint density at radius 1 is 1.14 bits per heavy atom. The lowest BCUT2D eigenvalue weighted by Crippen LogP contribution is -1.98. The summed E-state index contributed by atoms with van der Waals surface area (Å²) in [7, 11) is 0. The smallest absolute Gasteiger partial charge is 0.335 e. The fourth-order valence-corrected chi connectivity index (χ4v) is 1.67. The molecule has 21 heavy (non-hydrogen) atoms. The van der Waals surface area contributed by atoms with Gasteiger partial charge in [-0.15, -0.1) is 0 Å². The number of hydrogen-bond acceptors (Lipinski definition) is 3. The molecule has 0 aliphatic carbocycles. The van der Waals surface area contributed by atoms with Gasteiger partial charge in [-0.1, -0.05) is 6.92 Å². The quantitative estimate of drug-likeness (QED) is 0.870. The van der Waals surface area contributed by atoms with E-state index in [0.717, 1.165) is 12.5 Å². The zero-order valence-electron chi connectivity index (χ0n) is 11.5. The van der Waals surface area contributed by atoms with E-state index in [2.05, 4.69) is 0 Å². The van der Waals surface area contributed by atoms with E-state index in [9.17, 15) is 9.18 Å². The minimum absolute atomic E-state index is 0.0257. The summed E-state index contributed by atoms with van der Waals surface area (Å²) >= 11 is 0. The Morgan fingerprint density at radius 3 is 2.38 bits per heavy atom. The standard InChI is InChI=1S/C16H15FO4/c1-2-9-20-12-4-6-13(7-5-12)21-15-8-3-11(16(18)19)10-14(15)17/h3-8,10H,2,9H2,1H3,(H,18,19). The van der Waals surface area contributed by atoms with Gasteiger partial charge in [0.1, 0.15) is 11.5 Å². The summed E-state index contributed by atoms with van der Waals surface area (Å²) in [4.78, 5) is 10.7. The molecule has 0 atom stereocenters. The van der Waals surface area contributed by atoms with Crippen LogP contribution in [-0.4, -0.2) is 17.7 Å². The van der Waals surface area contributed by atoms with Crippen LogP contribution < -0.4 is 9.47 Å². The summed E-state index contributed by atoms with van der Waals surface area (Å²) in [6.45, 7) is 2.65. The Hall–Kier alpha value is -2.56. The molecule has 2 aromatic carbocycles. The topological polar surface area (TPSA) is 55.8 Å². The normalized spacial score (nSPS) is 10.2. The Labute approximate surface area is 121 Å². The van der Waals surface area contributed by atoms with Crippen molar-refractivity contribution in [1.29, 1.82) is 0 Å². The first-order valence-corrected chi connectivity index (χ1v) is 6.53. The zero-order chi connectivity index (χ0) is 15.2. The number of halogens is 1. The van der Waals surface area contributed by atoms with Crippen molar-refractivity contribution in [3.63, 3.8) is 0 Å². The zero-order valence-corrected chi connectivity index (χ0v) is 11.5. The van der Waals surface area contributed by atoms with Crippen LogP contribution >= 0.6 is 0 Å². The second kappa shape index (κ2) is 6.74. The predicted molar refractivity (Wildman–Crippen MR) is 75.7 cm³/mol. The first kappa shape index (κ1) is 14.8. The Kier molecular flexibility index (Phi) is 4.77. The van der Waals surface area contributed by atoms with E-state index in [4.69, 9.17) is 14.6 Å². The minimum Gasteiger partial charge on any atom is -0.494 e. The highest BCUT2D eigenvalue weighted by molar-refractivity contribution is 5.87. The van der Waals surface area contributed by atoms with Gasteiger partial charge in [-0.25, -0.2) is 9.18 Å². The molecule has 0 aliphatic rings. The number of ether oxygens (including phenoxy) is 2. The van der Waals surface area contributed by atoms with Gasteiger partial charge in [-0.05, 0) is 48.9 Å². The molecular weight excluding hydrogens is 275 g/mol. The summed E-state index contributed by atoms with van der Waals surface area (Å²) in [5, 5.41) is 8.77. The van der Waals surface area contributed by atoms with Crippen LogP contribution in [0, 0.1) is 5.82 Å². The van der Waals surface area contributed by atoms with Crippen molar-refractivity contribution in [2.75, 3.05) is 6.61 Å². The third kappa shape index (κ3) is 3.95. The first-order chi connectivity index (χ1) is 10.1. The van der Waals surface area contributed by atoms with Crippen LogP contribution in [0.25, 0.3) is 0 Å². The summed E-state index contributed by atoms with van der Waals surface area (Å²) in [6, 6.07) is 10.3. The van der Waals surface area contributed by atoms with Crippen molar-refractivity contribution < 1.29 is 23.8 Å². The van der Waals surface area contributed by atoms with E-state index in [1.807, 2.05) is 6.92 Å². The summed E-state index contributed by atoms with van der Waals surface area (Å²) < 4.78 is 24.5. The lowest BCUT2D eigenvalue weighted by Gasteiger charge is -2.09. The van der Waals surface area contributed by atoms with Crippen LogP contribution in [0.15, 0.2) is 42.5 Å². The van der Waals surface area contributed by atoms with E-state index in [0.29, 0.717) is 18.1 Å². The van der Waals surface area contributed by atoms with Crippen LogP contribution in [0.1, 0.15) is 23.7 Å². The van der Waals surface area contributed by atoms with Gasteiger partial charge < -0.3 is 14.6 Å². The second-order valence-corrected chi connectivity index (χ2v) is 4.37. The molecule has 2 aromatic rings. The van der Waals surface area contributed by atoms with E-state index in [-0.39, 0.29) is 11.3 Å². The number of rotatable bonds is 6. The summed E-state index contributed by atoms with van der Waals surface area (Å²) in [6.07, 6.45) is 0.916. The molecular formula is C16H15FO4. The molecule has 0 radical (unpaired) electrons. The molecule has 0 aliphatic heterocycles. The van der Waals surface area contributed by atoms with E-state index in [1.165, 1.54) is 12.1 Å². The number of carboxylic acid groups (broad SMARTS) is 1. The maximum absolute atomic E-state index is 13.7. The predicted octanol–water partition coefficient (Wildman–Crippen LogP) is 4.11. The lowest BCUT2D eigenvalue weighted by molar-refractivity contribution is 0.0696. The van der Waals surface area contributed by atoms with Gasteiger partial charge in [-0.3, -0.25) is 0 Å². The first-order valence-electron chi connectivity index (χ1n) is 6.53. The maximum Gasteiger partial charge on any atom is 0.335 e. The molecule has 0 aromatic heterocycles. The third-order valence-electron chi connectivity index (χ3n) is 2.70. The van der Waals surface area contributed by atoms with Crippen molar-refractivity contribution in [2.45, 2.75) is 13.3 Å². The molecule has 2 rings (SSSR count). The third-order valence-corrected chi connectivity index (χ3v) is 2.70. The average molecular weight is 290 g/mol. The number of hydrogen-bond donors (Lipinski definition) is 1. The SMILES string of the molecule is CCCOc1ccc(Oc2ccc(C(=O)O)cc2F)cc1. The fraction of sp³-hybridized carbons (Fsp3) is 0.188. The van der Waals surface area contributed by atoms with Gasteiger partial charge in [-0.2, -0.15) is 0 Å². The van der Waals surface area contributed by atoms with Gasteiger partial charge in [0.2, 0.25) is 0 Å². The van der Waals surface area contributed by atoms with Gasteiger partial charge in [0, 0.05) is 0 Å². The molecule has 0 unspecified atom stereocenters. The van der Waals surface area contributed by atoms with Crippen molar-refractivity contribution in [2.24, 2.45) is 0 Å². The molecule has 0 fully saturated rings. The van der Waals surface area contributed by atoms with Crippen LogP contribution in [0.3, 0.4) is 0 Å². The highest BCUT2D eigenvalue weighted by Crippen LogP contribution is 2.26. The molecule has 0 saturated carbocycles. The number of carbonyl (C=O) groups is 1. The number of carboxylic acids is 1. The number of benzene rings is 2. The van der Waals surface area contributed by atoms with Crippen molar-refractivity contribution >= 4 is 5.97 Å². The highest BCUT2D eigenvalue weighted by Gasteiger charge is 2.10. The highest BCUT2D eigenvalue weighted by atomic mass is 19.1. The molecule has 110 valence electrons. The van der Waals surface area contributed by atoms with Gasteiger partial charge in [0.05, 0.1) is 12.2 Å². The molecule has 0 spiro atoms. The van der Waals surface area contributed by atoms with Gasteiger partial charge >= 0.3 is 5.97 Å². The molecule has 5 heteroatoms. The second-order valence-electron chi connectivity index (χ2n) is 4.37. The van der Waals surface area contributed by atoms with E-state index >= 15 is 0 Å². The van der Waals surface area contributed by atoms with Crippen LogP contribution in [0.4, 0.5) is 4.39 Å². The minimum atomic E-state index is -1.18.